The van der Waals surface area contributed by atoms with Gasteiger partial charge in [0, 0.05) is 0 Å². The topological polar surface area (TPSA) is 90.9 Å². The fraction of sp³-hybridized carbons (Fsp3) is 0.476. The highest BCUT2D eigenvalue weighted by Gasteiger charge is 2.16. The van der Waals surface area contributed by atoms with Crippen LogP contribution in [0.1, 0.15) is 40.2 Å². The number of carbonyl (C=O) groups excluding carboxylic acids is 3. The van der Waals surface area contributed by atoms with Crippen molar-refractivity contribution in [2.45, 2.75) is 40.2 Å². The number of benzene rings is 1. The van der Waals surface area contributed by atoms with Gasteiger partial charge in [-0.1, -0.05) is 12.1 Å². The summed E-state index contributed by atoms with van der Waals surface area (Å²) in [5.41, 5.74) is 0.182. The maximum Gasteiger partial charge on any atom is 0.407 e. The fourth-order valence-corrected chi connectivity index (χ4v) is 2.06. The number of nitrogens with one attached hydrogen (secondary N) is 1. The third-order valence-electron chi connectivity index (χ3n) is 3.69. The Morgan fingerprint density at radius 2 is 1.86 bits per heavy atom. The Hall–Kier alpha value is -2.83. The van der Waals surface area contributed by atoms with E-state index in [0.29, 0.717) is 11.5 Å². The van der Waals surface area contributed by atoms with Gasteiger partial charge in [-0.15, -0.1) is 0 Å². The van der Waals surface area contributed by atoms with E-state index in [2.05, 4.69) is 5.32 Å². The number of hydrogen-bond donors (Lipinski definition) is 1. The number of allylic oxidation sites excluding steroid dienone is 1. The zero-order chi connectivity index (χ0) is 21.3. The van der Waals surface area contributed by atoms with E-state index >= 15 is 0 Å². The number of methoxy groups -OCH3 is 1. The number of alkyl carbamates (subject to hydrolysis) is 1. The number of carbonyl (C=O) groups is 3. The van der Waals surface area contributed by atoms with Crippen LogP contribution in [-0.4, -0.2) is 43.5 Å². The zero-order valence-corrected chi connectivity index (χ0v) is 17.3. The lowest BCUT2D eigenvalue weighted by Gasteiger charge is -2.19. The lowest BCUT2D eigenvalue weighted by Crippen LogP contribution is -2.34. The molecular weight excluding hydrogens is 362 g/mol. The molecule has 0 bridgehead atoms. The molecule has 1 rings (SSSR count). The molecular formula is C21H29NO6. The quantitative estimate of drug-likeness (QED) is 0.394. The SMILES string of the molecule is COc1cc(/C=C/C(=O)[C@H](C)C(C)=O)ccc1OCCNC(=O)OC(C)(C)C. The van der Waals surface area contributed by atoms with E-state index in [0.717, 1.165) is 5.56 Å². The summed E-state index contributed by atoms with van der Waals surface area (Å²) in [6.07, 6.45) is 2.50. The summed E-state index contributed by atoms with van der Waals surface area (Å²) in [6.45, 7) is 8.85. The molecule has 1 atom stereocenters. The van der Waals surface area contributed by atoms with E-state index in [4.69, 9.17) is 14.2 Å². The van der Waals surface area contributed by atoms with Crippen LogP contribution < -0.4 is 14.8 Å². The average molecular weight is 391 g/mol. The second-order valence-electron chi connectivity index (χ2n) is 7.26. The van der Waals surface area contributed by atoms with Crippen molar-refractivity contribution < 1.29 is 28.6 Å². The molecule has 1 N–H and O–H groups in total. The van der Waals surface area contributed by atoms with Crippen molar-refractivity contribution in [2.75, 3.05) is 20.3 Å². The molecule has 0 fully saturated rings. The van der Waals surface area contributed by atoms with E-state index in [9.17, 15) is 14.4 Å². The third-order valence-corrected chi connectivity index (χ3v) is 3.69. The Kier molecular flexibility index (Phi) is 8.70. The largest absolute Gasteiger partial charge is 0.493 e. The minimum absolute atomic E-state index is 0.170. The predicted octanol–water partition coefficient (Wildman–Crippen LogP) is 3.41. The van der Waals surface area contributed by atoms with Gasteiger partial charge in [0.2, 0.25) is 0 Å². The second kappa shape index (κ2) is 10.5. The first-order valence-electron chi connectivity index (χ1n) is 9.03. The molecule has 0 aliphatic carbocycles. The molecule has 1 aromatic rings. The molecule has 0 aliphatic heterocycles. The van der Waals surface area contributed by atoms with Gasteiger partial charge < -0.3 is 19.5 Å². The Bertz CT molecular complexity index is 733. The van der Waals surface area contributed by atoms with Gasteiger partial charge in [-0.2, -0.15) is 0 Å². The smallest absolute Gasteiger partial charge is 0.407 e. The Labute approximate surface area is 166 Å². The van der Waals surface area contributed by atoms with Crippen LogP contribution in [-0.2, 0) is 14.3 Å². The van der Waals surface area contributed by atoms with Gasteiger partial charge in [-0.3, -0.25) is 9.59 Å². The first-order chi connectivity index (χ1) is 13.0. The van der Waals surface area contributed by atoms with Crippen LogP contribution in [0.25, 0.3) is 6.08 Å². The monoisotopic (exact) mass is 391 g/mol. The maximum atomic E-state index is 11.9. The minimum atomic E-state index is -0.654. The van der Waals surface area contributed by atoms with Crippen LogP contribution in [0.2, 0.25) is 0 Å². The maximum absolute atomic E-state index is 11.9. The minimum Gasteiger partial charge on any atom is -0.493 e. The van der Waals surface area contributed by atoms with Crippen molar-refractivity contribution in [1.29, 1.82) is 0 Å². The number of amides is 1. The molecule has 0 aromatic heterocycles. The van der Waals surface area contributed by atoms with Gasteiger partial charge in [-0.05, 0) is 58.4 Å². The first-order valence-corrected chi connectivity index (χ1v) is 9.03. The molecule has 7 heteroatoms. The summed E-state index contributed by atoms with van der Waals surface area (Å²) < 4.78 is 16.1. The normalized spacial score (nSPS) is 12.4. The van der Waals surface area contributed by atoms with Gasteiger partial charge in [0.15, 0.2) is 17.3 Å². The summed E-state index contributed by atoms with van der Waals surface area (Å²) >= 11 is 0. The van der Waals surface area contributed by atoms with Gasteiger partial charge >= 0.3 is 6.09 Å². The van der Waals surface area contributed by atoms with Crippen molar-refractivity contribution in [1.82, 2.24) is 5.32 Å². The lowest BCUT2D eigenvalue weighted by molar-refractivity contribution is -0.128. The molecule has 28 heavy (non-hydrogen) atoms. The fourth-order valence-electron chi connectivity index (χ4n) is 2.06. The highest BCUT2D eigenvalue weighted by Crippen LogP contribution is 2.28. The Morgan fingerprint density at radius 1 is 1.18 bits per heavy atom. The number of ether oxygens (including phenoxy) is 3. The van der Waals surface area contributed by atoms with Gasteiger partial charge in [0.05, 0.1) is 19.6 Å². The van der Waals surface area contributed by atoms with Gasteiger partial charge in [0.1, 0.15) is 18.0 Å². The predicted molar refractivity (Wildman–Crippen MR) is 107 cm³/mol. The molecule has 0 heterocycles. The van der Waals surface area contributed by atoms with Crippen LogP contribution in [0.3, 0.4) is 0 Å². The van der Waals surface area contributed by atoms with Gasteiger partial charge in [-0.25, -0.2) is 4.79 Å². The molecule has 0 radical (unpaired) electrons. The van der Waals surface area contributed by atoms with E-state index in [1.807, 2.05) is 0 Å². The summed E-state index contributed by atoms with van der Waals surface area (Å²) in [5.74, 6) is -0.0743. The van der Waals surface area contributed by atoms with Crippen molar-refractivity contribution >= 4 is 23.7 Å². The summed E-state index contributed by atoms with van der Waals surface area (Å²) in [7, 11) is 1.51. The summed E-state index contributed by atoms with van der Waals surface area (Å²) in [5, 5.41) is 2.61. The molecule has 0 aliphatic rings. The van der Waals surface area contributed by atoms with Crippen molar-refractivity contribution in [3.8, 4) is 11.5 Å². The van der Waals surface area contributed by atoms with Crippen molar-refractivity contribution in [3.63, 3.8) is 0 Å². The van der Waals surface area contributed by atoms with Crippen molar-refractivity contribution in [2.24, 2.45) is 5.92 Å². The molecule has 1 amide bonds. The van der Waals surface area contributed by atoms with E-state index in [1.165, 1.54) is 20.1 Å². The number of hydrogen-bond acceptors (Lipinski definition) is 6. The molecule has 0 saturated heterocycles. The van der Waals surface area contributed by atoms with Crippen LogP contribution in [0.15, 0.2) is 24.3 Å². The highest BCUT2D eigenvalue weighted by molar-refractivity contribution is 6.07. The van der Waals surface area contributed by atoms with Gasteiger partial charge in [0.25, 0.3) is 0 Å². The van der Waals surface area contributed by atoms with Crippen molar-refractivity contribution in [3.05, 3.63) is 29.8 Å². The number of Topliss-reactive ketones (excluding diaryl/α,β-unsaturated/α-hetero) is 1. The molecule has 0 saturated carbocycles. The van der Waals surface area contributed by atoms with E-state index < -0.39 is 17.6 Å². The Balaban J connectivity index is 2.62. The average Bonchev–Trinajstić information content (AvgIpc) is 2.61. The van der Waals surface area contributed by atoms with Crippen LogP contribution >= 0.6 is 0 Å². The number of rotatable bonds is 9. The van der Waals surface area contributed by atoms with Crippen LogP contribution in [0.5, 0.6) is 11.5 Å². The third kappa shape index (κ3) is 8.24. The molecule has 1 aromatic carbocycles. The lowest BCUT2D eigenvalue weighted by atomic mass is 10.0. The summed E-state index contributed by atoms with van der Waals surface area (Å²) in [6, 6.07) is 5.20. The first kappa shape index (κ1) is 23.2. The summed E-state index contributed by atoms with van der Waals surface area (Å²) in [4.78, 5) is 34.7. The number of ketones is 2. The van der Waals surface area contributed by atoms with Crippen LogP contribution in [0, 0.1) is 5.92 Å². The molecule has 7 nitrogen and oxygen atoms in total. The van der Waals surface area contributed by atoms with Crippen LogP contribution in [0.4, 0.5) is 4.79 Å². The standard InChI is InChI=1S/C21H29NO6/c1-14(15(2)23)17(24)9-7-16-8-10-18(19(13-16)26-6)27-12-11-22-20(25)28-21(3,4)5/h7-10,13-14H,11-12H2,1-6H3,(H,22,25)/b9-7+/t14-/m1/s1. The highest BCUT2D eigenvalue weighted by atomic mass is 16.6. The Morgan fingerprint density at radius 3 is 2.43 bits per heavy atom. The molecule has 0 spiro atoms. The molecule has 154 valence electrons. The zero-order valence-electron chi connectivity index (χ0n) is 17.3. The molecule has 0 unspecified atom stereocenters. The second-order valence-corrected chi connectivity index (χ2v) is 7.26. The van der Waals surface area contributed by atoms with E-state index in [1.54, 1.807) is 52.0 Å². The van der Waals surface area contributed by atoms with E-state index in [-0.39, 0.29) is 24.7 Å².